The first kappa shape index (κ1) is 10.1. The molecular formula is C9H15N5O. The van der Waals surface area contributed by atoms with Crippen LogP contribution in [0.4, 0.5) is 0 Å². The van der Waals surface area contributed by atoms with Gasteiger partial charge in [0.05, 0.1) is 0 Å². The minimum atomic E-state index is -0.244. The van der Waals surface area contributed by atoms with Crippen molar-refractivity contribution < 1.29 is 4.79 Å². The summed E-state index contributed by atoms with van der Waals surface area (Å²) < 4.78 is 0. The number of amides is 1. The Bertz CT molecular complexity index is 345. The molecule has 0 spiro atoms. The number of aromatic amines is 1. The van der Waals surface area contributed by atoms with Crippen LogP contribution in [0.25, 0.3) is 0 Å². The zero-order chi connectivity index (χ0) is 10.9. The summed E-state index contributed by atoms with van der Waals surface area (Å²) in [5, 5.41) is 15.8. The van der Waals surface area contributed by atoms with Gasteiger partial charge in [0.1, 0.15) is 0 Å². The van der Waals surface area contributed by atoms with Crippen molar-refractivity contribution in [3.8, 4) is 0 Å². The van der Waals surface area contributed by atoms with Crippen LogP contribution in [0, 0.1) is 5.41 Å². The second kappa shape index (κ2) is 3.60. The largest absolute Gasteiger partial charge is 0.346 e. The van der Waals surface area contributed by atoms with Gasteiger partial charge in [-0.25, -0.2) is 0 Å². The van der Waals surface area contributed by atoms with Crippen LogP contribution in [0.15, 0.2) is 0 Å². The molecule has 1 aromatic rings. The van der Waals surface area contributed by atoms with Crippen LogP contribution in [0.2, 0.25) is 0 Å². The van der Waals surface area contributed by atoms with E-state index >= 15 is 0 Å². The SMILES string of the molecule is CC1(C)CCC(NC(=O)c2nn[nH]n2)C1. The maximum absolute atomic E-state index is 11.6. The molecule has 2 N–H and O–H groups in total. The lowest BCUT2D eigenvalue weighted by Gasteiger charge is -2.17. The molecule has 1 atom stereocenters. The predicted octanol–water partition coefficient (Wildman–Crippen LogP) is 0.508. The summed E-state index contributed by atoms with van der Waals surface area (Å²) in [5.74, 6) is -0.133. The molecule has 1 saturated carbocycles. The fourth-order valence-corrected chi connectivity index (χ4v) is 2.07. The highest BCUT2D eigenvalue weighted by Gasteiger charge is 2.32. The molecular weight excluding hydrogens is 194 g/mol. The molecule has 0 aromatic carbocycles. The van der Waals surface area contributed by atoms with Crippen molar-refractivity contribution in [2.24, 2.45) is 5.41 Å². The highest BCUT2D eigenvalue weighted by molar-refractivity contribution is 5.90. The molecule has 1 aliphatic rings. The van der Waals surface area contributed by atoms with E-state index in [1.54, 1.807) is 0 Å². The second-order valence-electron chi connectivity index (χ2n) is 4.81. The van der Waals surface area contributed by atoms with E-state index in [1.807, 2.05) is 0 Å². The molecule has 1 aliphatic carbocycles. The number of hydrogen-bond acceptors (Lipinski definition) is 4. The van der Waals surface area contributed by atoms with Crippen LogP contribution in [0.5, 0.6) is 0 Å². The Labute approximate surface area is 87.8 Å². The van der Waals surface area contributed by atoms with Crippen molar-refractivity contribution in [2.75, 3.05) is 0 Å². The standard InChI is InChI=1S/C9H15N5O/c1-9(2)4-3-6(5-9)10-8(15)7-11-13-14-12-7/h6H,3-5H2,1-2H3,(H,10,15)(H,11,12,13,14). The van der Waals surface area contributed by atoms with Gasteiger partial charge in [-0.1, -0.05) is 13.8 Å². The van der Waals surface area contributed by atoms with Crippen molar-refractivity contribution in [3.63, 3.8) is 0 Å². The molecule has 0 bridgehead atoms. The predicted molar refractivity (Wildman–Crippen MR) is 53.1 cm³/mol. The Morgan fingerprint density at radius 1 is 1.60 bits per heavy atom. The van der Waals surface area contributed by atoms with Gasteiger partial charge in [0, 0.05) is 6.04 Å². The Morgan fingerprint density at radius 3 is 2.93 bits per heavy atom. The van der Waals surface area contributed by atoms with E-state index in [0.717, 1.165) is 19.3 Å². The van der Waals surface area contributed by atoms with E-state index in [0.29, 0.717) is 5.41 Å². The lowest BCUT2D eigenvalue weighted by atomic mass is 9.92. The molecule has 1 fully saturated rings. The number of rotatable bonds is 2. The minimum absolute atomic E-state index is 0.111. The number of nitrogens with one attached hydrogen (secondary N) is 2. The molecule has 1 amide bonds. The zero-order valence-electron chi connectivity index (χ0n) is 8.95. The van der Waals surface area contributed by atoms with Crippen molar-refractivity contribution in [2.45, 2.75) is 39.2 Å². The Morgan fingerprint density at radius 2 is 2.40 bits per heavy atom. The van der Waals surface area contributed by atoms with Gasteiger partial charge in [0.25, 0.3) is 11.7 Å². The average Bonchev–Trinajstić information content (AvgIpc) is 2.74. The molecule has 0 saturated heterocycles. The van der Waals surface area contributed by atoms with Crippen molar-refractivity contribution in [3.05, 3.63) is 5.82 Å². The summed E-state index contributed by atoms with van der Waals surface area (Å²) in [4.78, 5) is 11.6. The summed E-state index contributed by atoms with van der Waals surface area (Å²) in [7, 11) is 0. The first-order chi connectivity index (χ1) is 7.07. The van der Waals surface area contributed by atoms with Crippen LogP contribution in [-0.2, 0) is 0 Å². The molecule has 0 aliphatic heterocycles. The number of aromatic nitrogens is 4. The molecule has 0 radical (unpaired) electrons. The molecule has 1 unspecified atom stereocenters. The number of tetrazole rings is 1. The smallest absolute Gasteiger partial charge is 0.293 e. The fraction of sp³-hybridized carbons (Fsp3) is 0.778. The molecule has 1 aromatic heterocycles. The monoisotopic (exact) mass is 209 g/mol. The first-order valence-corrected chi connectivity index (χ1v) is 5.11. The Balaban J connectivity index is 1.91. The Hall–Kier alpha value is -1.46. The van der Waals surface area contributed by atoms with Gasteiger partial charge >= 0.3 is 0 Å². The van der Waals surface area contributed by atoms with Crippen LogP contribution in [0.1, 0.15) is 43.7 Å². The first-order valence-electron chi connectivity index (χ1n) is 5.11. The van der Waals surface area contributed by atoms with Crippen LogP contribution >= 0.6 is 0 Å². The van der Waals surface area contributed by atoms with Gasteiger partial charge in [-0.3, -0.25) is 4.79 Å². The zero-order valence-corrected chi connectivity index (χ0v) is 8.95. The summed E-state index contributed by atoms with van der Waals surface area (Å²) in [6.07, 6.45) is 3.18. The van der Waals surface area contributed by atoms with Crippen molar-refractivity contribution in [1.82, 2.24) is 25.9 Å². The normalized spacial score (nSPS) is 24.0. The van der Waals surface area contributed by atoms with E-state index in [9.17, 15) is 4.79 Å². The van der Waals surface area contributed by atoms with Crippen LogP contribution in [0.3, 0.4) is 0 Å². The van der Waals surface area contributed by atoms with Crippen molar-refractivity contribution in [1.29, 1.82) is 0 Å². The molecule has 6 nitrogen and oxygen atoms in total. The number of nitrogens with zero attached hydrogens (tertiary/aromatic N) is 3. The maximum atomic E-state index is 11.6. The number of H-pyrrole nitrogens is 1. The number of carbonyl (C=O) groups is 1. The quantitative estimate of drug-likeness (QED) is 0.743. The molecule has 2 rings (SSSR count). The van der Waals surface area contributed by atoms with Gasteiger partial charge in [0.15, 0.2) is 0 Å². The number of carbonyl (C=O) groups excluding carboxylic acids is 1. The highest BCUT2D eigenvalue weighted by atomic mass is 16.2. The third kappa shape index (κ3) is 2.31. The van der Waals surface area contributed by atoms with Crippen LogP contribution in [-0.4, -0.2) is 32.6 Å². The highest BCUT2D eigenvalue weighted by Crippen LogP contribution is 2.36. The van der Waals surface area contributed by atoms with E-state index in [2.05, 4.69) is 39.8 Å². The van der Waals surface area contributed by atoms with E-state index < -0.39 is 0 Å². The van der Waals surface area contributed by atoms with Gasteiger partial charge in [-0.15, -0.1) is 10.2 Å². The molecule has 6 heteroatoms. The van der Waals surface area contributed by atoms with E-state index in [4.69, 9.17) is 0 Å². The maximum Gasteiger partial charge on any atom is 0.293 e. The van der Waals surface area contributed by atoms with E-state index in [-0.39, 0.29) is 17.8 Å². The van der Waals surface area contributed by atoms with Gasteiger partial charge in [-0.2, -0.15) is 5.21 Å². The summed E-state index contributed by atoms with van der Waals surface area (Å²) in [5.41, 5.74) is 0.329. The lowest BCUT2D eigenvalue weighted by molar-refractivity contribution is 0.0925. The lowest BCUT2D eigenvalue weighted by Crippen LogP contribution is -2.34. The summed E-state index contributed by atoms with van der Waals surface area (Å²) >= 11 is 0. The third-order valence-corrected chi connectivity index (χ3v) is 2.85. The van der Waals surface area contributed by atoms with Crippen molar-refractivity contribution >= 4 is 5.91 Å². The third-order valence-electron chi connectivity index (χ3n) is 2.85. The summed E-state index contributed by atoms with van der Waals surface area (Å²) in [6.45, 7) is 4.43. The Kier molecular flexibility index (Phi) is 2.42. The fourth-order valence-electron chi connectivity index (χ4n) is 2.07. The second-order valence-corrected chi connectivity index (χ2v) is 4.81. The van der Waals surface area contributed by atoms with Crippen LogP contribution < -0.4 is 5.32 Å². The number of hydrogen-bond donors (Lipinski definition) is 2. The van der Waals surface area contributed by atoms with Gasteiger partial charge in [0.2, 0.25) is 0 Å². The molecule has 15 heavy (non-hydrogen) atoms. The average molecular weight is 209 g/mol. The van der Waals surface area contributed by atoms with Gasteiger partial charge < -0.3 is 5.32 Å². The van der Waals surface area contributed by atoms with Gasteiger partial charge in [-0.05, 0) is 29.9 Å². The molecule has 1 heterocycles. The molecule has 82 valence electrons. The van der Waals surface area contributed by atoms with E-state index in [1.165, 1.54) is 0 Å². The topological polar surface area (TPSA) is 83.6 Å². The minimum Gasteiger partial charge on any atom is -0.346 e. The summed E-state index contributed by atoms with van der Waals surface area (Å²) in [6, 6.07) is 0.242.